The van der Waals surface area contributed by atoms with Gasteiger partial charge >= 0.3 is 0 Å². The van der Waals surface area contributed by atoms with E-state index in [-0.39, 0.29) is 17.6 Å². The summed E-state index contributed by atoms with van der Waals surface area (Å²) in [7, 11) is -3.36. The fourth-order valence-electron chi connectivity index (χ4n) is 4.67. The third kappa shape index (κ3) is 4.45. The minimum atomic E-state index is -3.36. The van der Waals surface area contributed by atoms with Crippen molar-refractivity contribution in [1.29, 1.82) is 0 Å². The molecule has 1 fully saturated rings. The number of benzene rings is 2. The number of carbonyl (C=O) groups is 1. The van der Waals surface area contributed by atoms with Gasteiger partial charge in [-0.3, -0.25) is 4.79 Å². The van der Waals surface area contributed by atoms with Crippen molar-refractivity contribution in [1.82, 2.24) is 10.3 Å². The number of piperidine rings is 1. The first-order valence-electron chi connectivity index (χ1n) is 11.4. The number of fused-ring (bicyclic) bond motifs is 2. The molecule has 3 aromatic rings. The van der Waals surface area contributed by atoms with Crippen molar-refractivity contribution in [3.63, 3.8) is 0 Å². The Morgan fingerprint density at radius 3 is 2.73 bits per heavy atom. The second-order valence-electron chi connectivity index (χ2n) is 8.91. The zero-order chi connectivity index (χ0) is 23.0. The summed E-state index contributed by atoms with van der Waals surface area (Å²) in [6, 6.07) is 15.0. The number of sulfone groups is 1. The standard InChI is InChI=1S/C25H28N4O3S/c1-17-6-7-21-20(14-17)22(28-25(30)18-8-10-26-11-9-18)15-24(27-21)29-12-13-33(31,32)23-5-3-2-4-19(23)16-29/h2-7,14-15,18,26H,8-13,16H2,1H3,(H,27,28,30). The van der Waals surface area contributed by atoms with E-state index in [2.05, 4.69) is 10.6 Å². The molecule has 8 heteroatoms. The Morgan fingerprint density at radius 2 is 1.91 bits per heavy atom. The number of pyridine rings is 1. The maximum atomic E-state index is 13.0. The van der Waals surface area contributed by atoms with E-state index in [4.69, 9.17) is 4.98 Å². The van der Waals surface area contributed by atoms with Crippen LogP contribution in [0.15, 0.2) is 53.4 Å². The number of rotatable bonds is 3. The number of aryl methyl sites for hydroxylation is 1. The van der Waals surface area contributed by atoms with E-state index in [0.29, 0.717) is 23.8 Å². The van der Waals surface area contributed by atoms with Crippen LogP contribution in [0.1, 0.15) is 24.0 Å². The first-order valence-corrected chi connectivity index (χ1v) is 13.0. The van der Waals surface area contributed by atoms with Crippen molar-refractivity contribution in [3.8, 4) is 0 Å². The Balaban J connectivity index is 1.54. The number of nitrogens with zero attached hydrogens (tertiary/aromatic N) is 2. The van der Waals surface area contributed by atoms with Gasteiger partial charge in [0.05, 0.1) is 21.9 Å². The highest BCUT2D eigenvalue weighted by molar-refractivity contribution is 7.91. The van der Waals surface area contributed by atoms with Crippen LogP contribution < -0.4 is 15.5 Å². The van der Waals surface area contributed by atoms with Gasteiger partial charge < -0.3 is 15.5 Å². The van der Waals surface area contributed by atoms with Crippen LogP contribution >= 0.6 is 0 Å². The molecule has 0 radical (unpaired) electrons. The molecule has 0 aliphatic carbocycles. The lowest BCUT2D eigenvalue weighted by Crippen LogP contribution is -2.34. The van der Waals surface area contributed by atoms with Crippen molar-refractivity contribution in [3.05, 3.63) is 59.7 Å². The molecular formula is C25H28N4O3S. The van der Waals surface area contributed by atoms with Crippen molar-refractivity contribution in [2.45, 2.75) is 31.2 Å². The maximum Gasteiger partial charge on any atom is 0.227 e. The lowest BCUT2D eigenvalue weighted by atomic mass is 9.97. The lowest BCUT2D eigenvalue weighted by Gasteiger charge is -2.25. The summed E-state index contributed by atoms with van der Waals surface area (Å²) in [4.78, 5) is 20.3. The molecule has 2 aliphatic heterocycles. The number of hydrogen-bond donors (Lipinski definition) is 2. The van der Waals surface area contributed by atoms with Crippen LogP contribution in [0.3, 0.4) is 0 Å². The first kappa shape index (κ1) is 21.9. The van der Waals surface area contributed by atoms with Crippen LogP contribution in [0.25, 0.3) is 10.9 Å². The Bertz CT molecular complexity index is 1320. The minimum absolute atomic E-state index is 0.0158. The SMILES string of the molecule is Cc1ccc2nc(N3CCS(=O)(=O)c4ccccc4C3)cc(NC(=O)C3CCNCC3)c2c1. The average molecular weight is 465 g/mol. The summed E-state index contributed by atoms with van der Waals surface area (Å²) in [5.41, 5.74) is 3.35. The number of amides is 1. The van der Waals surface area contributed by atoms with E-state index >= 15 is 0 Å². The van der Waals surface area contributed by atoms with Gasteiger partial charge in [0.25, 0.3) is 0 Å². The van der Waals surface area contributed by atoms with Crippen molar-refractivity contribution in [2.24, 2.45) is 5.92 Å². The molecule has 0 saturated carbocycles. The molecule has 5 rings (SSSR count). The molecule has 33 heavy (non-hydrogen) atoms. The minimum Gasteiger partial charge on any atom is -0.351 e. The molecule has 0 bridgehead atoms. The van der Waals surface area contributed by atoms with Crippen molar-refractivity contribution < 1.29 is 13.2 Å². The van der Waals surface area contributed by atoms with E-state index in [1.807, 2.05) is 48.2 Å². The lowest BCUT2D eigenvalue weighted by molar-refractivity contribution is -0.120. The predicted molar refractivity (Wildman–Crippen MR) is 130 cm³/mol. The highest BCUT2D eigenvalue weighted by Crippen LogP contribution is 2.32. The maximum absolute atomic E-state index is 13.0. The van der Waals surface area contributed by atoms with E-state index in [9.17, 15) is 13.2 Å². The van der Waals surface area contributed by atoms with Gasteiger partial charge in [0.1, 0.15) is 5.82 Å². The average Bonchev–Trinajstić information content (AvgIpc) is 2.96. The molecule has 0 unspecified atom stereocenters. The molecule has 0 atom stereocenters. The Kier molecular flexibility index (Phi) is 5.80. The van der Waals surface area contributed by atoms with Gasteiger partial charge in [-0.05, 0) is 56.6 Å². The van der Waals surface area contributed by atoms with Gasteiger partial charge in [-0.25, -0.2) is 13.4 Å². The van der Waals surface area contributed by atoms with Gasteiger partial charge in [-0.15, -0.1) is 0 Å². The van der Waals surface area contributed by atoms with Gasteiger partial charge in [0, 0.05) is 30.5 Å². The van der Waals surface area contributed by atoms with E-state index < -0.39 is 9.84 Å². The second-order valence-corrected chi connectivity index (χ2v) is 11.0. The van der Waals surface area contributed by atoms with Crippen LogP contribution in [0.2, 0.25) is 0 Å². The third-order valence-corrected chi connectivity index (χ3v) is 8.33. The fourth-order valence-corrected chi connectivity index (χ4v) is 6.17. The molecule has 7 nitrogen and oxygen atoms in total. The van der Waals surface area contributed by atoms with Crippen LogP contribution in [0, 0.1) is 12.8 Å². The van der Waals surface area contributed by atoms with Crippen LogP contribution in [-0.2, 0) is 21.2 Å². The summed E-state index contributed by atoms with van der Waals surface area (Å²) < 4.78 is 25.6. The quantitative estimate of drug-likeness (QED) is 0.618. The topological polar surface area (TPSA) is 91.4 Å². The predicted octanol–water partition coefficient (Wildman–Crippen LogP) is 3.28. The van der Waals surface area contributed by atoms with Crippen molar-refractivity contribution in [2.75, 3.05) is 35.6 Å². The molecule has 2 aromatic carbocycles. The fraction of sp³-hybridized carbons (Fsp3) is 0.360. The molecule has 0 spiro atoms. The highest BCUT2D eigenvalue weighted by atomic mass is 32.2. The number of hydrogen-bond acceptors (Lipinski definition) is 6. The number of carbonyl (C=O) groups excluding carboxylic acids is 1. The molecule has 1 aromatic heterocycles. The molecule has 2 aliphatic rings. The highest BCUT2D eigenvalue weighted by Gasteiger charge is 2.27. The van der Waals surface area contributed by atoms with Crippen LogP contribution in [0.4, 0.5) is 11.5 Å². The monoisotopic (exact) mass is 464 g/mol. The van der Waals surface area contributed by atoms with E-state index in [1.165, 1.54) is 0 Å². The Hall–Kier alpha value is -2.97. The van der Waals surface area contributed by atoms with E-state index in [0.717, 1.165) is 53.6 Å². The first-order chi connectivity index (χ1) is 15.9. The summed E-state index contributed by atoms with van der Waals surface area (Å²) in [5, 5.41) is 7.35. The molecular weight excluding hydrogens is 436 g/mol. The zero-order valence-corrected chi connectivity index (χ0v) is 19.5. The van der Waals surface area contributed by atoms with Crippen LogP contribution in [0.5, 0.6) is 0 Å². The molecule has 172 valence electrons. The van der Waals surface area contributed by atoms with Gasteiger partial charge in [-0.2, -0.15) is 0 Å². The van der Waals surface area contributed by atoms with Crippen LogP contribution in [-0.4, -0.2) is 44.7 Å². The summed E-state index contributed by atoms with van der Waals surface area (Å²) in [6.07, 6.45) is 1.64. The second kappa shape index (κ2) is 8.76. The smallest absolute Gasteiger partial charge is 0.227 e. The molecule has 3 heterocycles. The number of nitrogens with one attached hydrogen (secondary N) is 2. The van der Waals surface area contributed by atoms with Gasteiger partial charge in [0.2, 0.25) is 5.91 Å². The zero-order valence-electron chi connectivity index (χ0n) is 18.7. The van der Waals surface area contributed by atoms with E-state index in [1.54, 1.807) is 12.1 Å². The number of aromatic nitrogens is 1. The summed E-state index contributed by atoms with van der Waals surface area (Å²) >= 11 is 0. The Labute approximate surface area is 194 Å². The molecule has 2 N–H and O–H groups in total. The normalized spacial score (nSPS) is 18.5. The molecule has 1 saturated heterocycles. The summed E-state index contributed by atoms with van der Waals surface area (Å²) in [5.74, 6) is 0.700. The van der Waals surface area contributed by atoms with Crippen molar-refractivity contribution >= 4 is 38.2 Å². The third-order valence-electron chi connectivity index (χ3n) is 6.54. The van der Waals surface area contributed by atoms with Gasteiger partial charge in [-0.1, -0.05) is 29.8 Å². The number of anilines is 2. The largest absolute Gasteiger partial charge is 0.351 e. The Morgan fingerprint density at radius 1 is 1.12 bits per heavy atom. The summed E-state index contributed by atoms with van der Waals surface area (Å²) in [6.45, 7) is 4.50. The molecule has 1 amide bonds. The van der Waals surface area contributed by atoms with Gasteiger partial charge in [0.15, 0.2) is 9.84 Å².